The quantitative estimate of drug-likeness (QED) is 0.853. The number of hydrogen-bond acceptors (Lipinski definition) is 2. The summed E-state index contributed by atoms with van der Waals surface area (Å²) in [5, 5.41) is 7.59. The van der Waals surface area contributed by atoms with Crippen molar-refractivity contribution in [1.29, 1.82) is 0 Å². The van der Waals surface area contributed by atoms with Crippen molar-refractivity contribution < 1.29 is 0 Å². The maximum atomic E-state index is 4.40. The van der Waals surface area contributed by atoms with Gasteiger partial charge >= 0.3 is 0 Å². The first kappa shape index (κ1) is 11.9. The minimum atomic E-state index is 0.587. The second kappa shape index (κ2) is 5.64. The van der Waals surface area contributed by atoms with Crippen molar-refractivity contribution in [2.75, 3.05) is 13.6 Å². The summed E-state index contributed by atoms with van der Waals surface area (Å²) in [5.41, 5.74) is 2.40. The summed E-state index contributed by atoms with van der Waals surface area (Å²) in [4.78, 5) is 0. The predicted octanol–water partition coefficient (Wildman–Crippen LogP) is 2.41. The summed E-state index contributed by atoms with van der Waals surface area (Å²) >= 11 is 0. The molecular formula is C14H19N3. The Morgan fingerprint density at radius 1 is 1.24 bits per heavy atom. The molecule has 0 aliphatic heterocycles. The van der Waals surface area contributed by atoms with Crippen molar-refractivity contribution in [3.63, 3.8) is 0 Å². The van der Waals surface area contributed by atoms with Crippen molar-refractivity contribution in [2.45, 2.75) is 13.5 Å². The van der Waals surface area contributed by atoms with Gasteiger partial charge in [0, 0.05) is 18.3 Å². The summed E-state index contributed by atoms with van der Waals surface area (Å²) in [6, 6.07) is 10.4. The van der Waals surface area contributed by atoms with E-state index in [1.54, 1.807) is 0 Å². The van der Waals surface area contributed by atoms with Crippen molar-refractivity contribution in [3.05, 3.63) is 42.7 Å². The van der Waals surface area contributed by atoms with E-state index in [4.69, 9.17) is 0 Å². The van der Waals surface area contributed by atoms with E-state index in [1.165, 1.54) is 11.1 Å². The van der Waals surface area contributed by atoms with Crippen LogP contribution in [-0.4, -0.2) is 23.4 Å². The second-order valence-corrected chi connectivity index (χ2v) is 4.48. The average molecular weight is 229 g/mol. The van der Waals surface area contributed by atoms with E-state index >= 15 is 0 Å². The molecule has 0 spiro atoms. The minimum Gasteiger partial charge on any atom is -0.319 e. The molecule has 0 radical (unpaired) electrons. The Labute approximate surface area is 102 Å². The lowest BCUT2D eigenvalue weighted by atomic mass is 10.1. The molecule has 0 amide bonds. The van der Waals surface area contributed by atoms with E-state index < -0.39 is 0 Å². The van der Waals surface area contributed by atoms with Crippen LogP contribution in [0.5, 0.6) is 0 Å². The van der Waals surface area contributed by atoms with Gasteiger partial charge in [0.15, 0.2) is 0 Å². The molecule has 1 aromatic carbocycles. The van der Waals surface area contributed by atoms with Gasteiger partial charge in [0.1, 0.15) is 0 Å². The molecule has 0 saturated heterocycles. The van der Waals surface area contributed by atoms with Gasteiger partial charge in [-0.05, 0) is 25.1 Å². The van der Waals surface area contributed by atoms with Gasteiger partial charge in [-0.3, -0.25) is 4.68 Å². The Kier molecular flexibility index (Phi) is 3.94. The Morgan fingerprint density at radius 2 is 2.00 bits per heavy atom. The molecule has 3 heteroatoms. The fourth-order valence-corrected chi connectivity index (χ4v) is 1.98. The Hall–Kier alpha value is -1.61. The molecule has 2 rings (SSSR count). The molecule has 0 aliphatic carbocycles. The topological polar surface area (TPSA) is 29.9 Å². The summed E-state index contributed by atoms with van der Waals surface area (Å²) < 4.78 is 2.02. The van der Waals surface area contributed by atoms with Crippen LogP contribution < -0.4 is 5.32 Å². The largest absolute Gasteiger partial charge is 0.319 e. The van der Waals surface area contributed by atoms with Crippen LogP contribution in [0, 0.1) is 5.92 Å². The SMILES string of the molecule is CNCC(C)Cn1cc(-c2ccccc2)cn1. The molecule has 1 atom stereocenters. The summed E-state index contributed by atoms with van der Waals surface area (Å²) in [5.74, 6) is 0.587. The standard InChI is InChI=1S/C14H19N3/c1-12(8-15-2)10-17-11-14(9-16-17)13-6-4-3-5-7-13/h3-7,9,11-12,15H,8,10H2,1-2H3. The maximum Gasteiger partial charge on any atom is 0.0568 e. The van der Waals surface area contributed by atoms with Crippen LogP contribution in [0.3, 0.4) is 0 Å². The first-order valence-electron chi connectivity index (χ1n) is 6.02. The number of hydrogen-bond donors (Lipinski definition) is 1. The Bertz CT molecular complexity index is 448. The van der Waals surface area contributed by atoms with Crippen molar-refractivity contribution in [2.24, 2.45) is 5.92 Å². The lowest BCUT2D eigenvalue weighted by Gasteiger charge is -2.09. The lowest BCUT2D eigenvalue weighted by Crippen LogP contribution is -2.20. The lowest BCUT2D eigenvalue weighted by molar-refractivity contribution is 0.435. The highest BCUT2D eigenvalue weighted by Crippen LogP contribution is 2.17. The molecule has 0 aliphatic rings. The highest BCUT2D eigenvalue weighted by atomic mass is 15.3. The predicted molar refractivity (Wildman–Crippen MR) is 70.8 cm³/mol. The third-order valence-corrected chi connectivity index (χ3v) is 2.79. The normalized spacial score (nSPS) is 12.6. The molecule has 1 N–H and O–H groups in total. The van der Waals surface area contributed by atoms with Crippen molar-refractivity contribution >= 4 is 0 Å². The van der Waals surface area contributed by atoms with Crippen LogP contribution in [0.15, 0.2) is 42.7 Å². The van der Waals surface area contributed by atoms with Gasteiger partial charge in [-0.25, -0.2) is 0 Å². The molecule has 3 nitrogen and oxygen atoms in total. The van der Waals surface area contributed by atoms with Gasteiger partial charge in [-0.15, -0.1) is 0 Å². The molecule has 0 fully saturated rings. The van der Waals surface area contributed by atoms with Crippen molar-refractivity contribution in [3.8, 4) is 11.1 Å². The average Bonchev–Trinajstić information content (AvgIpc) is 2.79. The zero-order valence-electron chi connectivity index (χ0n) is 10.4. The fourth-order valence-electron chi connectivity index (χ4n) is 1.98. The molecule has 0 bridgehead atoms. The number of aromatic nitrogens is 2. The van der Waals surface area contributed by atoms with Crippen LogP contribution in [0.25, 0.3) is 11.1 Å². The van der Waals surface area contributed by atoms with Crippen LogP contribution in [0.1, 0.15) is 6.92 Å². The number of benzene rings is 1. The Balaban J connectivity index is 2.06. The third-order valence-electron chi connectivity index (χ3n) is 2.79. The molecule has 1 heterocycles. The highest BCUT2D eigenvalue weighted by Gasteiger charge is 2.05. The first-order chi connectivity index (χ1) is 8.29. The van der Waals surface area contributed by atoms with E-state index in [0.717, 1.165) is 13.1 Å². The van der Waals surface area contributed by atoms with Crippen LogP contribution in [0.4, 0.5) is 0 Å². The van der Waals surface area contributed by atoms with Crippen LogP contribution in [-0.2, 0) is 6.54 Å². The summed E-state index contributed by atoms with van der Waals surface area (Å²) in [7, 11) is 1.98. The van der Waals surface area contributed by atoms with Gasteiger partial charge < -0.3 is 5.32 Å². The molecule has 90 valence electrons. The molecule has 1 aromatic heterocycles. The molecule has 2 aromatic rings. The molecule has 1 unspecified atom stereocenters. The third kappa shape index (κ3) is 3.17. The summed E-state index contributed by atoms with van der Waals surface area (Å²) in [6.45, 7) is 4.19. The molecule has 17 heavy (non-hydrogen) atoms. The molecular weight excluding hydrogens is 210 g/mol. The van der Waals surface area contributed by atoms with E-state index in [-0.39, 0.29) is 0 Å². The number of nitrogens with zero attached hydrogens (tertiary/aromatic N) is 2. The van der Waals surface area contributed by atoms with Crippen molar-refractivity contribution in [1.82, 2.24) is 15.1 Å². The van der Waals surface area contributed by atoms with E-state index in [9.17, 15) is 0 Å². The van der Waals surface area contributed by atoms with Gasteiger partial charge in [0.2, 0.25) is 0 Å². The maximum absolute atomic E-state index is 4.40. The van der Waals surface area contributed by atoms with E-state index in [0.29, 0.717) is 5.92 Å². The van der Waals surface area contributed by atoms with E-state index in [2.05, 4.69) is 47.8 Å². The van der Waals surface area contributed by atoms with Crippen LogP contribution in [0.2, 0.25) is 0 Å². The Morgan fingerprint density at radius 3 is 2.71 bits per heavy atom. The zero-order chi connectivity index (χ0) is 12.1. The van der Waals surface area contributed by atoms with Gasteiger partial charge in [0.05, 0.1) is 6.20 Å². The molecule has 0 saturated carbocycles. The minimum absolute atomic E-state index is 0.587. The second-order valence-electron chi connectivity index (χ2n) is 4.48. The van der Waals surface area contributed by atoms with E-state index in [1.807, 2.05) is 24.0 Å². The van der Waals surface area contributed by atoms with Gasteiger partial charge in [0.25, 0.3) is 0 Å². The van der Waals surface area contributed by atoms with Crippen LogP contribution >= 0.6 is 0 Å². The monoisotopic (exact) mass is 229 g/mol. The van der Waals surface area contributed by atoms with Gasteiger partial charge in [-0.1, -0.05) is 37.3 Å². The first-order valence-corrected chi connectivity index (χ1v) is 6.02. The number of nitrogens with one attached hydrogen (secondary N) is 1. The summed E-state index contributed by atoms with van der Waals surface area (Å²) in [6.07, 6.45) is 4.04. The smallest absolute Gasteiger partial charge is 0.0568 e. The zero-order valence-corrected chi connectivity index (χ0v) is 10.4. The highest BCUT2D eigenvalue weighted by molar-refractivity contribution is 5.61. The number of rotatable bonds is 5. The van der Waals surface area contributed by atoms with Gasteiger partial charge in [-0.2, -0.15) is 5.10 Å². The fraction of sp³-hybridized carbons (Fsp3) is 0.357.